The molecule has 0 fully saturated rings. The normalized spacial score (nSPS) is 11.4. The van der Waals surface area contributed by atoms with Crippen LogP contribution in [0.5, 0.6) is 11.5 Å². The second kappa shape index (κ2) is 9.09. The smallest absolute Gasteiger partial charge is 0.235 e. The van der Waals surface area contributed by atoms with Crippen molar-refractivity contribution in [2.75, 3.05) is 10.1 Å². The Morgan fingerprint density at radius 2 is 1.72 bits per heavy atom. The summed E-state index contributed by atoms with van der Waals surface area (Å²) < 4.78 is 32.8. The van der Waals surface area contributed by atoms with Gasteiger partial charge < -0.3 is 4.74 Å². The van der Waals surface area contributed by atoms with Crippen molar-refractivity contribution in [3.63, 3.8) is 0 Å². The third-order valence-corrected chi connectivity index (χ3v) is 6.38. The summed E-state index contributed by atoms with van der Waals surface area (Å²) in [6.45, 7) is 6.13. The molecule has 0 saturated carbocycles. The van der Waals surface area contributed by atoms with Gasteiger partial charge in [0.15, 0.2) is 0 Å². The standard InChI is InChI=1S/C23H26N2O3S/c1-4-29(26,27)25(17-19-8-7-15-24-16-19)20-11-13-21(14-12-20)28-23-10-6-5-9-22(23)18(2)3/h5-16,18H,4,17H2,1-3H3. The number of ether oxygens (including phenoxy) is 1. The Hall–Kier alpha value is -2.86. The molecule has 0 aliphatic carbocycles. The molecular weight excluding hydrogens is 384 g/mol. The van der Waals surface area contributed by atoms with Crippen molar-refractivity contribution >= 4 is 15.7 Å². The van der Waals surface area contributed by atoms with Gasteiger partial charge in [-0.15, -0.1) is 0 Å². The number of nitrogens with zero attached hydrogens (tertiary/aromatic N) is 2. The van der Waals surface area contributed by atoms with Gasteiger partial charge in [0.05, 0.1) is 18.0 Å². The SMILES string of the molecule is CCS(=O)(=O)N(Cc1cccnc1)c1ccc(Oc2ccccc2C(C)C)cc1. The average molecular weight is 411 g/mol. The molecule has 6 heteroatoms. The number of hydrogen-bond acceptors (Lipinski definition) is 4. The fraction of sp³-hybridized carbons (Fsp3) is 0.261. The van der Waals surface area contributed by atoms with Crippen molar-refractivity contribution in [1.29, 1.82) is 0 Å². The Morgan fingerprint density at radius 3 is 2.34 bits per heavy atom. The number of benzene rings is 2. The van der Waals surface area contributed by atoms with Gasteiger partial charge in [0, 0.05) is 12.4 Å². The molecule has 0 bridgehead atoms. The molecule has 1 heterocycles. The fourth-order valence-corrected chi connectivity index (χ4v) is 4.12. The molecule has 2 aromatic carbocycles. The lowest BCUT2D eigenvalue weighted by Gasteiger charge is -2.24. The Labute approximate surface area is 173 Å². The van der Waals surface area contributed by atoms with E-state index in [0.29, 0.717) is 17.4 Å². The monoisotopic (exact) mass is 410 g/mol. The van der Waals surface area contributed by atoms with Crippen LogP contribution in [0.1, 0.15) is 37.8 Å². The van der Waals surface area contributed by atoms with E-state index < -0.39 is 10.0 Å². The molecule has 0 spiro atoms. The van der Waals surface area contributed by atoms with Crippen LogP contribution in [0.25, 0.3) is 0 Å². The van der Waals surface area contributed by atoms with Crippen LogP contribution in [0.2, 0.25) is 0 Å². The Bertz CT molecular complexity index is 1030. The maximum absolute atomic E-state index is 12.7. The van der Waals surface area contributed by atoms with E-state index in [1.54, 1.807) is 49.6 Å². The maximum Gasteiger partial charge on any atom is 0.235 e. The van der Waals surface area contributed by atoms with Crippen LogP contribution >= 0.6 is 0 Å². The number of sulfonamides is 1. The highest BCUT2D eigenvalue weighted by atomic mass is 32.2. The zero-order valence-corrected chi connectivity index (χ0v) is 17.8. The summed E-state index contributed by atoms with van der Waals surface area (Å²) in [6, 6.07) is 18.8. The summed E-state index contributed by atoms with van der Waals surface area (Å²) in [5.74, 6) is 1.84. The highest BCUT2D eigenvalue weighted by molar-refractivity contribution is 7.92. The number of pyridine rings is 1. The zero-order valence-electron chi connectivity index (χ0n) is 16.9. The fourth-order valence-electron chi connectivity index (χ4n) is 3.02. The zero-order chi connectivity index (χ0) is 20.9. The molecule has 0 atom stereocenters. The lowest BCUT2D eigenvalue weighted by Crippen LogP contribution is -2.31. The molecular formula is C23H26N2O3S. The highest BCUT2D eigenvalue weighted by Gasteiger charge is 2.21. The third-order valence-electron chi connectivity index (χ3n) is 4.64. The van der Waals surface area contributed by atoms with E-state index in [1.807, 2.05) is 24.3 Å². The van der Waals surface area contributed by atoms with Crippen LogP contribution in [0.15, 0.2) is 73.1 Å². The van der Waals surface area contributed by atoms with Crippen LogP contribution in [0.3, 0.4) is 0 Å². The summed E-state index contributed by atoms with van der Waals surface area (Å²) in [7, 11) is -3.44. The van der Waals surface area contributed by atoms with Gasteiger partial charge in [-0.2, -0.15) is 0 Å². The van der Waals surface area contributed by atoms with Gasteiger partial charge in [0.2, 0.25) is 10.0 Å². The van der Waals surface area contributed by atoms with E-state index in [9.17, 15) is 8.42 Å². The van der Waals surface area contributed by atoms with Crippen molar-refractivity contribution in [3.8, 4) is 11.5 Å². The first-order valence-electron chi connectivity index (χ1n) is 9.67. The first kappa shape index (κ1) is 20.9. The van der Waals surface area contributed by atoms with E-state index in [-0.39, 0.29) is 12.3 Å². The highest BCUT2D eigenvalue weighted by Crippen LogP contribution is 2.32. The molecule has 1 aromatic heterocycles. The van der Waals surface area contributed by atoms with E-state index in [4.69, 9.17) is 4.74 Å². The minimum Gasteiger partial charge on any atom is -0.457 e. The van der Waals surface area contributed by atoms with Gasteiger partial charge in [-0.25, -0.2) is 8.42 Å². The first-order valence-corrected chi connectivity index (χ1v) is 11.3. The number of anilines is 1. The lowest BCUT2D eigenvalue weighted by atomic mass is 10.0. The second-order valence-electron chi connectivity index (χ2n) is 7.06. The Morgan fingerprint density at radius 1 is 1.00 bits per heavy atom. The number of hydrogen-bond donors (Lipinski definition) is 0. The Kier molecular flexibility index (Phi) is 6.54. The van der Waals surface area contributed by atoms with Gasteiger partial charge in [-0.3, -0.25) is 9.29 Å². The van der Waals surface area contributed by atoms with E-state index in [2.05, 4.69) is 24.9 Å². The minimum atomic E-state index is -3.44. The molecule has 3 rings (SSSR count). The lowest BCUT2D eigenvalue weighted by molar-refractivity contribution is 0.473. The minimum absolute atomic E-state index is 0.0211. The molecule has 152 valence electrons. The van der Waals surface area contributed by atoms with Gasteiger partial charge in [0.1, 0.15) is 11.5 Å². The predicted molar refractivity (Wildman–Crippen MR) is 117 cm³/mol. The van der Waals surface area contributed by atoms with Crippen molar-refractivity contribution in [2.45, 2.75) is 33.2 Å². The average Bonchev–Trinajstić information content (AvgIpc) is 2.73. The largest absolute Gasteiger partial charge is 0.457 e. The van der Waals surface area contributed by atoms with E-state index >= 15 is 0 Å². The van der Waals surface area contributed by atoms with Crippen LogP contribution < -0.4 is 9.04 Å². The van der Waals surface area contributed by atoms with Gasteiger partial charge in [-0.1, -0.05) is 38.1 Å². The molecule has 0 saturated heterocycles. The van der Waals surface area contributed by atoms with Crippen molar-refractivity contribution in [2.24, 2.45) is 0 Å². The number of aromatic nitrogens is 1. The maximum atomic E-state index is 12.7. The van der Waals surface area contributed by atoms with Crippen LogP contribution in [0.4, 0.5) is 5.69 Å². The number of para-hydroxylation sites is 1. The van der Waals surface area contributed by atoms with Crippen LogP contribution in [-0.4, -0.2) is 19.2 Å². The first-order chi connectivity index (χ1) is 13.9. The topological polar surface area (TPSA) is 59.5 Å². The molecule has 0 amide bonds. The summed E-state index contributed by atoms with van der Waals surface area (Å²) in [5.41, 5.74) is 2.55. The quantitative estimate of drug-likeness (QED) is 0.502. The molecule has 0 radical (unpaired) electrons. The third kappa shape index (κ3) is 5.15. The molecule has 0 aliphatic rings. The molecule has 0 unspecified atom stereocenters. The number of rotatable bonds is 8. The molecule has 29 heavy (non-hydrogen) atoms. The summed E-state index contributed by atoms with van der Waals surface area (Å²) in [5, 5.41) is 0. The van der Waals surface area contributed by atoms with Crippen molar-refractivity contribution in [3.05, 3.63) is 84.2 Å². The Balaban J connectivity index is 1.86. The van der Waals surface area contributed by atoms with Gasteiger partial charge >= 0.3 is 0 Å². The van der Waals surface area contributed by atoms with Crippen LogP contribution in [-0.2, 0) is 16.6 Å². The summed E-state index contributed by atoms with van der Waals surface area (Å²) in [4.78, 5) is 4.08. The molecule has 0 N–H and O–H groups in total. The summed E-state index contributed by atoms with van der Waals surface area (Å²) >= 11 is 0. The molecule has 0 aliphatic heterocycles. The predicted octanol–water partition coefficient (Wildman–Crippen LogP) is 5.35. The van der Waals surface area contributed by atoms with E-state index in [0.717, 1.165) is 16.9 Å². The summed E-state index contributed by atoms with van der Waals surface area (Å²) in [6.07, 6.45) is 3.35. The van der Waals surface area contributed by atoms with E-state index in [1.165, 1.54) is 4.31 Å². The van der Waals surface area contributed by atoms with Gasteiger partial charge in [-0.05, 0) is 60.4 Å². The van der Waals surface area contributed by atoms with Gasteiger partial charge in [0.25, 0.3) is 0 Å². The molecule has 3 aromatic rings. The second-order valence-corrected chi connectivity index (χ2v) is 9.24. The van der Waals surface area contributed by atoms with Crippen molar-refractivity contribution < 1.29 is 13.2 Å². The van der Waals surface area contributed by atoms with Crippen molar-refractivity contribution in [1.82, 2.24) is 4.98 Å². The van der Waals surface area contributed by atoms with Crippen LogP contribution in [0, 0.1) is 0 Å². The molecule has 5 nitrogen and oxygen atoms in total.